The van der Waals surface area contributed by atoms with Crippen molar-refractivity contribution in [3.63, 3.8) is 0 Å². The zero-order chi connectivity index (χ0) is 19.1. The molecule has 0 spiro atoms. The van der Waals surface area contributed by atoms with E-state index in [1.807, 2.05) is 0 Å². The van der Waals surface area contributed by atoms with Gasteiger partial charge in [-0.1, -0.05) is 81.1 Å². The number of carbonyl (C=O) groups is 1. The third-order valence-corrected chi connectivity index (χ3v) is 5.84. The van der Waals surface area contributed by atoms with E-state index in [2.05, 4.69) is 55.5 Å². The number of methoxy groups -OCH3 is 1. The summed E-state index contributed by atoms with van der Waals surface area (Å²) in [5, 5.41) is 0. The van der Waals surface area contributed by atoms with Crippen molar-refractivity contribution >= 4 is 5.78 Å². The van der Waals surface area contributed by atoms with Crippen LogP contribution in [0.4, 0.5) is 0 Å². The molecule has 2 nitrogen and oxygen atoms in total. The van der Waals surface area contributed by atoms with Gasteiger partial charge in [0.15, 0.2) is 0 Å². The number of benzene rings is 2. The molecule has 0 heterocycles. The van der Waals surface area contributed by atoms with Crippen LogP contribution in [0.15, 0.2) is 48.5 Å². The topological polar surface area (TPSA) is 26.3 Å². The monoisotopic (exact) mass is 364 g/mol. The Hall–Kier alpha value is -1.93. The van der Waals surface area contributed by atoms with Gasteiger partial charge < -0.3 is 4.74 Å². The number of hydrogen-bond acceptors (Lipinski definition) is 2. The van der Waals surface area contributed by atoms with Crippen LogP contribution in [0.5, 0.6) is 0 Å². The van der Waals surface area contributed by atoms with E-state index < -0.39 is 0 Å². The van der Waals surface area contributed by atoms with Crippen molar-refractivity contribution in [2.45, 2.75) is 57.8 Å². The molecule has 0 radical (unpaired) electrons. The summed E-state index contributed by atoms with van der Waals surface area (Å²) in [6.07, 6.45) is 7.74. The van der Waals surface area contributed by atoms with E-state index in [1.54, 1.807) is 7.11 Å². The van der Waals surface area contributed by atoms with Crippen LogP contribution >= 0.6 is 0 Å². The number of hydrogen-bond donors (Lipinski definition) is 0. The highest BCUT2D eigenvalue weighted by atomic mass is 16.5. The molecule has 1 aliphatic rings. The van der Waals surface area contributed by atoms with Crippen molar-refractivity contribution in [2.75, 3.05) is 13.7 Å². The van der Waals surface area contributed by atoms with Crippen LogP contribution in [0.25, 0.3) is 11.1 Å². The number of unbranched alkanes of at least 4 members (excludes halogenated alkanes) is 3. The Morgan fingerprint density at radius 3 is 2.11 bits per heavy atom. The first-order chi connectivity index (χ1) is 13.2. The minimum Gasteiger partial charge on any atom is -0.385 e. The molecule has 3 rings (SSSR count). The van der Waals surface area contributed by atoms with Crippen molar-refractivity contribution in [1.29, 1.82) is 0 Å². The van der Waals surface area contributed by atoms with Crippen molar-refractivity contribution in [3.8, 4) is 11.1 Å². The smallest absolute Gasteiger partial charge is 0.144 e. The molecule has 0 amide bonds. The maximum atomic E-state index is 13.0. The highest BCUT2D eigenvalue weighted by Gasteiger charge is 2.32. The fourth-order valence-electron chi connectivity index (χ4n) is 4.26. The van der Waals surface area contributed by atoms with Crippen molar-refractivity contribution in [3.05, 3.63) is 59.7 Å². The van der Waals surface area contributed by atoms with Gasteiger partial charge in [0.2, 0.25) is 0 Å². The predicted octanol–water partition coefficient (Wildman–Crippen LogP) is 6.38. The molecule has 0 bridgehead atoms. The number of rotatable bonds is 11. The number of ether oxygens (including phenoxy) is 1. The Morgan fingerprint density at radius 1 is 0.889 bits per heavy atom. The molecule has 0 saturated heterocycles. The molecule has 1 unspecified atom stereocenters. The number of ketones is 1. The van der Waals surface area contributed by atoms with E-state index in [0.29, 0.717) is 12.2 Å². The molecule has 0 aromatic heterocycles. The van der Waals surface area contributed by atoms with Crippen LogP contribution in [0, 0.1) is 5.92 Å². The van der Waals surface area contributed by atoms with Crippen molar-refractivity contribution in [1.82, 2.24) is 0 Å². The molecule has 1 aliphatic carbocycles. The molecular weight excluding hydrogens is 332 g/mol. The van der Waals surface area contributed by atoms with Gasteiger partial charge in [0.05, 0.1) is 5.92 Å². The quantitative estimate of drug-likeness (QED) is 0.432. The van der Waals surface area contributed by atoms with E-state index in [4.69, 9.17) is 4.74 Å². The fraction of sp³-hybridized carbons (Fsp3) is 0.480. The summed E-state index contributed by atoms with van der Waals surface area (Å²) in [4.78, 5) is 13.0. The maximum absolute atomic E-state index is 13.0. The lowest BCUT2D eigenvalue weighted by atomic mass is 9.89. The van der Waals surface area contributed by atoms with Gasteiger partial charge in [0, 0.05) is 20.1 Å². The first-order valence-corrected chi connectivity index (χ1v) is 10.4. The third-order valence-electron chi connectivity index (χ3n) is 5.84. The van der Waals surface area contributed by atoms with E-state index in [9.17, 15) is 4.79 Å². The van der Waals surface area contributed by atoms with Crippen molar-refractivity contribution < 1.29 is 9.53 Å². The van der Waals surface area contributed by atoms with Gasteiger partial charge >= 0.3 is 0 Å². The van der Waals surface area contributed by atoms with Crippen LogP contribution < -0.4 is 0 Å². The largest absolute Gasteiger partial charge is 0.385 e. The second-order valence-corrected chi connectivity index (χ2v) is 7.91. The number of carbonyl (C=O) groups excluding carboxylic acids is 1. The Morgan fingerprint density at radius 2 is 1.48 bits per heavy atom. The van der Waals surface area contributed by atoms with Crippen molar-refractivity contribution in [2.24, 2.45) is 5.92 Å². The van der Waals surface area contributed by atoms with Crippen LogP contribution in [-0.4, -0.2) is 19.5 Å². The lowest BCUT2D eigenvalue weighted by Crippen LogP contribution is -2.11. The van der Waals surface area contributed by atoms with Gasteiger partial charge in [-0.3, -0.25) is 4.79 Å². The highest BCUT2D eigenvalue weighted by molar-refractivity contribution is 5.97. The fourth-order valence-corrected chi connectivity index (χ4v) is 4.26. The summed E-state index contributed by atoms with van der Waals surface area (Å²) in [6, 6.07) is 16.8. The van der Waals surface area contributed by atoms with Crippen LogP contribution in [0.1, 0.15) is 68.9 Å². The first-order valence-electron chi connectivity index (χ1n) is 10.4. The Bertz CT molecular complexity index is 704. The SMILES string of the molecule is COCCC(C)CCCCCCC(=O)C1c2ccccc2-c2ccccc21. The molecule has 1 atom stereocenters. The van der Waals surface area contributed by atoms with Gasteiger partial charge in [0.25, 0.3) is 0 Å². The standard InChI is InChI=1S/C25H32O2/c1-19(17-18-27-2)11-5-3-4-6-16-24(26)25-22-14-9-7-12-20(22)21-13-8-10-15-23(21)25/h7-10,12-15,19,25H,3-6,11,16-18H2,1-2H3. The molecule has 2 aromatic carbocycles. The molecule has 2 aromatic rings. The van der Waals surface area contributed by atoms with E-state index >= 15 is 0 Å². The van der Waals surface area contributed by atoms with Gasteiger partial charge in [0.1, 0.15) is 5.78 Å². The zero-order valence-electron chi connectivity index (χ0n) is 16.7. The summed E-state index contributed by atoms with van der Waals surface area (Å²) < 4.78 is 5.14. The maximum Gasteiger partial charge on any atom is 0.144 e. The van der Waals surface area contributed by atoms with Crippen LogP contribution in [0.2, 0.25) is 0 Å². The Kier molecular flexibility index (Phi) is 7.23. The molecule has 0 saturated carbocycles. The molecule has 0 N–H and O–H groups in total. The van der Waals surface area contributed by atoms with E-state index in [1.165, 1.54) is 41.5 Å². The second-order valence-electron chi connectivity index (χ2n) is 7.91. The van der Waals surface area contributed by atoms with Gasteiger partial charge in [-0.2, -0.15) is 0 Å². The normalized spacial score (nSPS) is 14.0. The molecule has 27 heavy (non-hydrogen) atoms. The van der Waals surface area contributed by atoms with Gasteiger partial charge in [-0.15, -0.1) is 0 Å². The summed E-state index contributed by atoms with van der Waals surface area (Å²) in [7, 11) is 1.77. The lowest BCUT2D eigenvalue weighted by Gasteiger charge is -2.13. The van der Waals surface area contributed by atoms with Gasteiger partial charge in [-0.05, 0) is 41.0 Å². The van der Waals surface area contributed by atoms with E-state index in [-0.39, 0.29) is 5.92 Å². The van der Waals surface area contributed by atoms with Gasteiger partial charge in [-0.25, -0.2) is 0 Å². The minimum absolute atomic E-state index is 0.0635. The summed E-state index contributed by atoms with van der Waals surface area (Å²) >= 11 is 0. The first kappa shape index (κ1) is 19.8. The zero-order valence-corrected chi connectivity index (χ0v) is 16.7. The lowest BCUT2D eigenvalue weighted by molar-refractivity contribution is -0.119. The Balaban J connectivity index is 1.48. The summed E-state index contributed by atoms with van der Waals surface area (Å²) in [6.45, 7) is 3.16. The van der Waals surface area contributed by atoms with Crippen LogP contribution in [0.3, 0.4) is 0 Å². The van der Waals surface area contributed by atoms with E-state index in [0.717, 1.165) is 31.8 Å². The third kappa shape index (κ3) is 4.87. The number of Topliss-reactive ketones (excluding diaryl/α,β-unsaturated/α-hetero) is 1. The van der Waals surface area contributed by atoms with Crippen LogP contribution in [-0.2, 0) is 9.53 Å². The Labute approximate surface area is 164 Å². The predicted molar refractivity (Wildman–Crippen MR) is 112 cm³/mol. The number of fused-ring (bicyclic) bond motifs is 3. The second kappa shape index (κ2) is 9.85. The minimum atomic E-state index is -0.0635. The summed E-state index contributed by atoms with van der Waals surface area (Å²) in [5.41, 5.74) is 4.85. The highest BCUT2D eigenvalue weighted by Crippen LogP contribution is 2.45. The molecular formula is C25H32O2. The molecule has 0 fully saturated rings. The average Bonchev–Trinajstić information content (AvgIpc) is 3.03. The molecule has 0 aliphatic heterocycles. The average molecular weight is 365 g/mol. The molecule has 144 valence electrons. The molecule has 2 heteroatoms. The summed E-state index contributed by atoms with van der Waals surface area (Å²) in [5.74, 6) is 1.05.